The molecule has 6 nitrogen and oxygen atoms in total. The summed E-state index contributed by atoms with van der Waals surface area (Å²) in [6.07, 6.45) is -2.53. The Kier molecular flexibility index (Phi) is 6.06. The van der Waals surface area contributed by atoms with Gasteiger partial charge in [-0.1, -0.05) is 41.9 Å². The molecule has 0 fully saturated rings. The minimum atomic E-state index is -4.65. The summed E-state index contributed by atoms with van der Waals surface area (Å²) in [5.41, 5.74) is 1.22. The van der Waals surface area contributed by atoms with Gasteiger partial charge in [0.05, 0.1) is 18.2 Å². The minimum Gasteiger partial charge on any atom is -0.392 e. The van der Waals surface area contributed by atoms with Gasteiger partial charge in [0.15, 0.2) is 5.69 Å². The van der Waals surface area contributed by atoms with Gasteiger partial charge >= 0.3 is 6.18 Å². The Morgan fingerprint density at radius 1 is 1.16 bits per heavy atom. The third-order valence-electron chi connectivity index (χ3n) is 5.27. The maximum atomic E-state index is 13.0. The minimum absolute atomic E-state index is 0.0113. The summed E-state index contributed by atoms with van der Waals surface area (Å²) in [5.74, 6) is 0. The number of hydrogen-bond donors (Lipinski definition) is 2. The molecule has 170 valence electrons. The van der Waals surface area contributed by atoms with Gasteiger partial charge in [-0.3, -0.25) is 4.68 Å². The number of nitrogens with one attached hydrogen (secondary N) is 1. The Hall–Kier alpha value is -2.40. The number of aliphatic hydroxyl groups excluding tert-OH is 1. The van der Waals surface area contributed by atoms with Crippen LogP contribution in [0.25, 0.3) is 0 Å². The zero-order chi connectivity index (χ0) is 23.1. The lowest BCUT2D eigenvalue weighted by molar-refractivity contribution is -0.142. The number of aromatic nitrogens is 2. The van der Waals surface area contributed by atoms with Gasteiger partial charge in [-0.25, -0.2) is 13.1 Å². The highest BCUT2D eigenvalue weighted by atomic mass is 35.5. The molecule has 0 saturated carbocycles. The largest absolute Gasteiger partial charge is 0.435 e. The molecule has 1 heterocycles. The normalized spacial score (nSPS) is 16.3. The summed E-state index contributed by atoms with van der Waals surface area (Å²) in [7, 11) is -3.80. The van der Waals surface area contributed by atoms with Crippen LogP contribution in [0.3, 0.4) is 0 Å². The third kappa shape index (κ3) is 4.68. The lowest BCUT2D eigenvalue weighted by Gasteiger charge is -2.13. The molecule has 0 radical (unpaired) electrons. The molecule has 1 aliphatic carbocycles. The van der Waals surface area contributed by atoms with E-state index >= 15 is 0 Å². The van der Waals surface area contributed by atoms with E-state index in [0.29, 0.717) is 12.8 Å². The molecule has 32 heavy (non-hydrogen) atoms. The van der Waals surface area contributed by atoms with Crippen molar-refractivity contribution in [1.82, 2.24) is 14.5 Å². The van der Waals surface area contributed by atoms with Gasteiger partial charge in [-0.05, 0) is 41.7 Å². The fourth-order valence-electron chi connectivity index (χ4n) is 3.88. The van der Waals surface area contributed by atoms with Crippen LogP contribution in [0.15, 0.2) is 53.6 Å². The second-order valence-electron chi connectivity index (χ2n) is 7.62. The van der Waals surface area contributed by atoms with Crippen molar-refractivity contribution in [2.45, 2.75) is 43.1 Å². The molecule has 0 spiro atoms. The van der Waals surface area contributed by atoms with Crippen LogP contribution >= 0.6 is 11.6 Å². The standard InChI is InChI=1S/C21H19ClF3N3O3S/c22-18-3-1-2-4-19(18)32(30,31)27-17-8-14-6-5-13(7-15(14)9-17)10-28-11-16(12-29)20(26-28)21(23,24)25/h1-7,11,17,27,29H,8-10,12H2/t17-/m1/s1. The van der Waals surface area contributed by atoms with Crippen LogP contribution in [-0.2, 0) is 42.2 Å². The molecule has 2 N–H and O–H groups in total. The first-order chi connectivity index (χ1) is 15.1. The van der Waals surface area contributed by atoms with Gasteiger partial charge in [-0.2, -0.15) is 18.3 Å². The molecule has 2 aromatic carbocycles. The van der Waals surface area contributed by atoms with E-state index in [1.807, 2.05) is 12.1 Å². The lowest BCUT2D eigenvalue weighted by Crippen LogP contribution is -2.35. The van der Waals surface area contributed by atoms with Gasteiger partial charge in [0.2, 0.25) is 10.0 Å². The molecule has 0 saturated heterocycles. The van der Waals surface area contributed by atoms with Gasteiger partial charge < -0.3 is 5.11 Å². The summed E-state index contributed by atoms with van der Waals surface area (Å²) in [4.78, 5) is 0.0113. The van der Waals surface area contributed by atoms with E-state index in [9.17, 15) is 26.7 Å². The van der Waals surface area contributed by atoms with E-state index in [1.54, 1.807) is 18.2 Å². The Morgan fingerprint density at radius 2 is 1.88 bits per heavy atom. The number of hydrogen-bond acceptors (Lipinski definition) is 4. The first kappa shape index (κ1) is 22.8. The van der Waals surface area contributed by atoms with Gasteiger partial charge in [0.1, 0.15) is 4.90 Å². The Balaban J connectivity index is 1.49. The van der Waals surface area contributed by atoms with Crippen LogP contribution in [0.4, 0.5) is 13.2 Å². The van der Waals surface area contributed by atoms with E-state index in [-0.39, 0.29) is 28.1 Å². The molecule has 4 rings (SSSR count). The van der Waals surface area contributed by atoms with Crippen LogP contribution in [0.1, 0.15) is 27.9 Å². The molecule has 1 aromatic heterocycles. The maximum Gasteiger partial charge on any atom is 0.435 e. The van der Waals surface area contributed by atoms with Crippen molar-refractivity contribution in [3.63, 3.8) is 0 Å². The summed E-state index contributed by atoms with van der Waals surface area (Å²) in [6.45, 7) is -0.668. The van der Waals surface area contributed by atoms with Gasteiger partial charge in [0, 0.05) is 17.8 Å². The number of nitrogens with zero attached hydrogens (tertiary/aromatic N) is 2. The van der Waals surface area contributed by atoms with Crippen molar-refractivity contribution < 1.29 is 26.7 Å². The molecular formula is C21H19ClF3N3O3S. The van der Waals surface area contributed by atoms with E-state index in [1.165, 1.54) is 18.3 Å². The van der Waals surface area contributed by atoms with E-state index in [4.69, 9.17) is 11.6 Å². The van der Waals surface area contributed by atoms with Crippen molar-refractivity contribution in [3.8, 4) is 0 Å². The topological polar surface area (TPSA) is 84.2 Å². The van der Waals surface area contributed by atoms with Crippen LogP contribution in [0.2, 0.25) is 5.02 Å². The smallest absolute Gasteiger partial charge is 0.392 e. The van der Waals surface area contributed by atoms with E-state index in [0.717, 1.165) is 21.4 Å². The molecule has 0 aliphatic heterocycles. The van der Waals surface area contributed by atoms with Crippen molar-refractivity contribution >= 4 is 21.6 Å². The second-order valence-corrected chi connectivity index (χ2v) is 9.71. The highest BCUT2D eigenvalue weighted by Gasteiger charge is 2.37. The molecule has 1 aliphatic rings. The molecule has 3 aromatic rings. The summed E-state index contributed by atoms with van der Waals surface area (Å²) < 4.78 is 68.3. The number of fused-ring (bicyclic) bond motifs is 1. The molecule has 0 unspecified atom stereocenters. The quantitative estimate of drug-likeness (QED) is 0.559. The maximum absolute atomic E-state index is 13.0. The first-order valence-electron chi connectivity index (χ1n) is 9.69. The predicted molar refractivity (Wildman–Crippen MR) is 112 cm³/mol. The fraction of sp³-hybridized carbons (Fsp3) is 0.286. The number of sulfonamides is 1. The Labute approximate surface area is 187 Å². The van der Waals surface area contributed by atoms with Crippen molar-refractivity contribution in [2.24, 2.45) is 0 Å². The molecule has 0 amide bonds. The van der Waals surface area contributed by atoms with Crippen molar-refractivity contribution in [2.75, 3.05) is 0 Å². The highest BCUT2D eigenvalue weighted by Crippen LogP contribution is 2.31. The Morgan fingerprint density at radius 3 is 2.53 bits per heavy atom. The molecule has 1 atom stereocenters. The predicted octanol–water partition coefficient (Wildman–Crippen LogP) is 3.54. The van der Waals surface area contributed by atoms with Crippen LogP contribution < -0.4 is 4.72 Å². The van der Waals surface area contributed by atoms with Crippen LogP contribution in [-0.4, -0.2) is 29.3 Å². The number of halogens is 4. The zero-order valence-electron chi connectivity index (χ0n) is 16.6. The average molecular weight is 486 g/mol. The number of alkyl halides is 3. The summed E-state index contributed by atoms with van der Waals surface area (Å²) >= 11 is 6.02. The summed E-state index contributed by atoms with van der Waals surface area (Å²) in [6, 6.07) is 11.3. The second kappa shape index (κ2) is 8.51. The zero-order valence-corrected chi connectivity index (χ0v) is 18.2. The third-order valence-corrected chi connectivity index (χ3v) is 7.29. The highest BCUT2D eigenvalue weighted by molar-refractivity contribution is 7.89. The lowest BCUT2D eigenvalue weighted by atomic mass is 10.1. The fourth-order valence-corrected chi connectivity index (χ4v) is 5.64. The van der Waals surface area contributed by atoms with Gasteiger partial charge in [0.25, 0.3) is 0 Å². The molecule has 11 heteroatoms. The van der Waals surface area contributed by atoms with E-state index in [2.05, 4.69) is 9.82 Å². The monoisotopic (exact) mass is 485 g/mol. The SMILES string of the molecule is O=S(=O)(N[C@@H]1Cc2ccc(Cn3cc(CO)c(C(F)(F)F)n3)cc2C1)c1ccccc1Cl. The molecular weight excluding hydrogens is 467 g/mol. The molecule has 0 bridgehead atoms. The number of benzene rings is 2. The van der Waals surface area contributed by atoms with E-state index < -0.39 is 28.5 Å². The van der Waals surface area contributed by atoms with Crippen LogP contribution in [0, 0.1) is 0 Å². The van der Waals surface area contributed by atoms with Gasteiger partial charge in [-0.15, -0.1) is 0 Å². The first-order valence-corrected chi connectivity index (χ1v) is 11.5. The average Bonchev–Trinajstić information content (AvgIpc) is 3.30. The Bertz CT molecular complexity index is 1260. The van der Waals surface area contributed by atoms with Crippen molar-refractivity contribution in [1.29, 1.82) is 0 Å². The summed E-state index contributed by atoms with van der Waals surface area (Å²) in [5, 5.41) is 12.9. The van der Waals surface area contributed by atoms with Crippen LogP contribution in [0.5, 0.6) is 0 Å². The van der Waals surface area contributed by atoms with Crippen molar-refractivity contribution in [3.05, 3.63) is 81.6 Å². The number of aliphatic hydroxyl groups is 1. The number of rotatable bonds is 6.